The van der Waals surface area contributed by atoms with Crippen molar-refractivity contribution in [1.82, 2.24) is 15.5 Å². The molecule has 2 fully saturated rings. The summed E-state index contributed by atoms with van der Waals surface area (Å²) >= 11 is 0. The lowest BCUT2D eigenvalue weighted by molar-refractivity contribution is 0.533. The number of aromatic nitrogens is 2. The van der Waals surface area contributed by atoms with Crippen LogP contribution in [-0.4, -0.2) is 36.4 Å². The third-order valence-electron chi connectivity index (χ3n) is 4.72. The Morgan fingerprint density at radius 2 is 1.76 bits per heavy atom. The number of benzene rings is 1. The summed E-state index contributed by atoms with van der Waals surface area (Å²) in [7, 11) is 0. The van der Waals surface area contributed by atoms with Gasteiger partial charge in [-0.25, -0.2) is 0 Å². The van der Waals surface area contributed by atoms with Gasteiger partial charge in [-0.3, -0.25) is 0 Å². The highest BCUT2D eigenvalue weighted by atomic mass is 15.3. The first-order chi connectivity index (χ1) is 10.3. The Balaban J connectivity index is 1.60. The lowest BCUT2D eigenvalue weighted by Gasteiger charge is -2.20. The van der Waals surface area contributed by atoms with Crippen molar-refractivity contribution >= 4 is 5.82 Å². The van der Waals surface area contributed by atoms with E-state index in [1.807, 2.05) is 18.2 Å². The Kier molecular flexibility index (Phi) is 3.11. The van der Waals surface area contributed by atoms with Gasteiger partial charge < -0.3 is 10.2 Å². The van der Waals surface area contributed by atoms with Crippen LogP contribution in [-0.2, 0) is 0 Å². The zero-order valence-corrected chi connectivity index (χ0v) is 12.3. The molecule has 4 heteroatoms. The Morgan fingerprint density at radius 3 is 2.43 bits per heavy atom. The molecule has 1 N–H and O–H groups in total. The quantitative estimate of drug-likeness (QED) is 0.915. The van der Waals surface area contributed by atoms with Gasteiger partial charge in [-0.1, -0.05) is 30.3 Å². The van der Waals surface area contributed by atoms with Crippen LogP contribution >= 0.6 is 0 Å². The van der Waals surface area contributed by atoms with Gasteiger partial charge in [0.25, 0.3) is 0 Å². The second kappa shape index (κ2) is 5.11. The van der Waals surface area contributed by atoms with Crippen LogP contribution < -0.4 is 10.2 Å². The first-order valence-corrected chi connectivity index (χ1v) is 7.66. The SMILES string of the molecule is Cc1cc(-c2ccccc2)nnc1N1CC2CNCC2C1. The number of nitrogens with one attached hydrogen (secondary N) is 1. The molecule has 2 aliphatic heterocycles. The highest BCUT2D eigenvalue weighted by molar-refractivity contribution is 5.62. The largest absolute Gasteiger partial charge is 0.354 e. The van der Waals surface area contributed by atoms with Gasteiger partial charge >= 0.3 is 0 Å². The van der Waals surface area contributed by atoms with E-state index in [1.165, 1.54) is 5.56 Å². The van der Waals surface area contributed by atoms with E-state index in [-0.39, 0.29) is 0 Å². The molecule has 1 aromatic carbocycles. The van der Waals surface area contributed by atoms with Gasteiger partial charge in [-0.2, -0.15) is 0 Å². The molecule has 2 aliphatic rings. The molecule has 4 nitrogen and oxygen atoms in total. The van der Waals surface area contributed by atoms with Crippen molar-refractivity contribution in [3.05, 3.63) is 42.0 Å². The molecule has 0 bridgehead atoms. The average Bonchev–Trinajstić information content (AvgIpc) is 3.09. The molecule has 2 saturated heterocycles. The molecule has 0 radical (unpaired) electrons. The van der Waals surface area contributed by atoms with E-state index in [9.17, 15) is 0 Å². The summed E-state index contributed by atoms with van der Waals surface area (Å²) in [4.78, 5) is 2.41. The van der Waals surface area contributed by atoms with Crippen LogP contribution in [0, 0.1) is 18.8 Å². The minimum atomic E-state index is 0.778. The minimum Gasteiger partial charge on any atom is -0.354 e. The van der Waals surface area contributed by atoms with Crippen molar-refractivity contribution < 1.29 is 0 Å². The van der Waals surface area contributed by atoms with E-state index < -0.39 is 0 Å². The van der Waals surface area contributed by atoms with E-state index in [0.29, 0.717) is 0 Å². The number of fused-ring (bicyclic) bond motifs is 1. The van der Waals surface area contributed by atoms with Crippen LogP contribution in [0.2, 0.25) is 0 Å². The maximum Gasteiger partial charge on any atom is 0.154 e. The topological polar surface area (TPSA) is 41.1 Å². The smallest absolute Gasteiger partial charge is 0.154 e. The van der Waals surface area contributed by atoms with Gasteiger partial charge in [0.2, 0.25) is 0 Å². The van der Waals surface area contributed by atoms with Crippen molar-refractivity contribution in [2.75, 3.05) is 31.1 Å². The summed E-state index contributed by atoms with van der Waals surface area (Å²) in [5, 5.41) is 12.4. The zero-order valence-electron chi connectivity index (χ0n) is 12.3. The second-order valence-corrected chi connectivity index (χ2v) is 6.19. The van der Waals surface area contributed by atoms with E-state index in [1.54, 1.807) is 0 Å². The Hall–Kier alpha value is -1.94. The highest BCUT2D eigenvalue weighted by Gasteiger charge is 2.37. The monoisotopic (exact) mass is 280 g/mol. The molecule has 21 heavy (non-hydrogen) atoms. The van der Waals surface area contributed by atoms with Crippen LogP contribution in [0.3, 0.4) is 0 Å². The normalized spacial score (nSPS) is 24.3. The molecule has 0 spiro atoms. The van der Waals surface area contributed by atoms with E-state index in [0.717, 1.165) is 55.1 Å². The predicted molar refractivity (Wildman–Crippen MR) is 84.3 cm³/mol. The van der Waals surface area contributed by atoms with Crippen molar-refractivity contribution in [3.8, 4) is 11.3 Å². The predicted octanol–water partition coefficient (Wildman–Crippen LogP) is 2.11. The molecule has 1 aromatic heterocycles. The van der Waals surface area contributed by atoms with Crippen LogP contribution in [0.5, 0.6) is 0 Å². The molecule has 2 unspecified atom stereocenters. The summed E-state index contributed by atoms with van der Waals surface area (Å²) < 4.78 is 0. The third kappa shape index (κ3) is 2.29. The summed E-state index contributed by atoms with van der Waals surface area (Å²) in [5.74, 6) is 2.61. The number of hydrogen-bond acceptors (Lipinski definition) is 4. The summed E-state index contributed by atoms with van der Waals surface area (Å²) in [6.45, 7) is 6.66. The number of hydrogen-bond donors (Lipinski definition) is 1. The fraction of sp³-hybridized carbons (Fsp3) is 0.412. The van der Waals surface area contributed by atoms with E-state index >= 15 is 0 Å². The van der Waals surface area contributed by atoms with Crippen molar-refractivity contribution in [3.63, 3.8) is 0 Å². The minimum absolute atomic E-state index is 0.778. The van der Waals surface area contributed by atoms with Crippen LogP contribution in [0.25, 0.3) is 11.3 Å². The first kappa shape index (κ1) is 12.8. The van der Waals surface area contributed by atoms with Crippen molar-refractivity contribution in [2.24, 2.45) is 11.8 Å². The molecule has 108 valence electrons. The van der Waals surface area contributed by atoms with Gasteiger partial charge in [0.15, 0.2) is 5.82 Å². The molecular weight excluding hydrogens is 260 g/mol. The number of nitrogens with zero attached hydrogens (tertiary/aromatic N) is 3. The van der Waals surface area contributed by atoms with Crippen molar-refractivity contribution in [1.29, 1.82) is 0 Å². The van der Waals surface area contributed by atoms with E-state index in [2.05, 4.69) is 45.5 Å². The van der Waals surface area contributed by atoms with E-state index in [4.69, 9.17) is 0 Å². The molecule has 4 rings (SSSR count). The highest BCUT2D eigenvalue weighted by Crippen LogP contribution is 2.31. The summed E-state index contributed by atoms with van der Waals surface area (Å²) in [5.41, 5.74) is 3.30. The van der Waals surface area contributed by atoms with Gasteiger partial charge in [-0.15, -0.1) is 10.2 Å². The fourth-order valence-corrected chi connectivity index (χ4v) is 3.57. The lowest BCUT2D eigenvalue weighted by Crippen LogP contribution is -2.27. The summed E-state index contributed by atoms with van der Waals surface area (Å²) in [6, 6.07) is 12.4. The van der Waals surface area contributed by atoms with Gasteiger partial charge in [0.05, 0.1) is 5.69 Å². The first-order valence-electron chi connectivity index (χ1n) is 7.66. The average molecular weight is 280 g/mol. The maximum atomic E-state index is 4.52. The van der Waals surface area contributed by atoms with Crippen LogP contribution in [0.15, 0.2) is 36.4 Å². The van der Waals surface area contributed by atoms with Crippen LogP contribution in [0.1, 0.15) is 5.56 Å². The lowest BCUT2D eigenvalue weighted by atomic mass is 10.0. The molecule has 0 amide bonds. The molecule has 0 aliphatic carbocycles. The van der Waals surface area contributed by atoms with Gasteiger partial charge in [-0.05, 0) is 30.4 Å². The third-order valence-corrected chi connectivity index (χ3v) is 4.72. The number of anilines is 1. The second-order valence-electron chi connectivity index (χ2n) is 6.19. The van der Waals surface area contributed by atoms with Crippen LogP contribution in [0.4, 0.5) is 5.82 Å². The fourth-order valence-electron chi connectivity index (χ4n) is 3.57. The Labute approximate surface area is 125 Å². The molecule has 2 aromatic rings. The number of aryl methyl sites for hydroxylation is 1. The Morgan fingerprint density at radius 1 is 1.05 bits per heavy atom. The summed E-state index contributed by atoms with van der Waals surface area (Å²) in [6.07, 6.45) is 0. The van der Waals surface area contributed by atoms with Gasteiger partial charge in [0.1, 0.15) is 0 Å². The molecule has 0 saturated carbocycles. The number of rotatable bonds is 2. The molecule has 2 atom stereocenters. The van der Waals surface area contributed by atoms with Crippen molar-refractivity contribution in [2.45, 2.75) is 6.92 Å². The molecular formula is C17H20N4. The molecule has 3 heterocycles. The Bertz CT molecular complexity index is 628. The standard InChI is InChI=1S/C17H20N4/c1-12-7-16(13-5-3-2-4-6-13)19-20-17(12)21-10-14-8-18-9-15(14)11-21/h2-7,14-15,18H,8-11H2,1H3. The van der Waals surface area contributed by atoms with Gasteiger partial charge in [0, 0.05) is 31.7 Å². The maximum absolute atomic E-state index is 4.52. The zero-order chi connectivity index (χ0) is 14.2.